The van der Waals surface area contributed by atoms with Crippen molar-refractivity contribution in [1.29, 1.82) is 0 Å². The second kappa shape index (κ2) is 8.16. The largest absolute Gasteiger partial charge is 0.0625 e. The third-order valence-electron chi connectivity index (χ3n) is 12.0. The lowest BCUT2D eigenvalue weighted by atomic mass is 9.43. The number of rotatable bonds is 5. The molecule has 0 N–H and O–H groups in total. The summed E-state index contributed by atoms with van der Waals surface area (Å²) in [6.07, 6.45) is 16.8. The molecule has 0 amide bonds. The first-order valence-electron chi connectivity index (χ1n) is 13.7. The van der Waals surface area contributed by atoms with Crippen LogP contribution in [0.15, 0.2) is 0 Å². The molecule has 0 aromatic heterocycles. The maximum atomic E-state index is 2.76. The molecule has 0 spiro atoms. The number of hydrogen-bond donors (Lipinski definition) is 0. The van der Waals surface area contributed by atoms with Gasteiger partial charge in [0.15, 0.2) is 0 Å². The molecule has 168 valence electrons. The van der Waals surface area contributed by atoms with Crippen LogP contribution in [0.1, 0.15) is 119 Å². The molecule has 0 nitrogen and oxygen atoms in total. The summed E-state index contributed by atoms with van der Waals surface area (Å²) in [4.78, 5) is 0. The van der Waals surface area contributed by atoms with E-state index in [0.717, 1.165) is 53.3 Å². The van der Waals surface area contributed by atoms with E-state index in [1.807, 2.05) is 0 Å². The van der Waals surface area contributed by atoms with Crippen molar-refractivity contribution in [2.75, 3.05) is 0 Å². The van der Waals surface area contributed by atoms with Crippen molar-refractivity contribution in [2.45, 2.75) is 119 Å². The Balaban J connectivity index is 1.47. The smallest absolute Gasteiger partial charge is 0.0264 e. The lowest BCUT2D eigenvalue weighted by Crippen LogP contribution is -2.54. The van der Waals surface area contributed by atoms with Gasteiger partial charge in [0, 0.05) is 0 Å². The highest BCUT2D eigenvalue weighted by molar-refractivity contribution is 5.09. The normalized spacial score (nSPS) is 49.2. The van der Waals surface area contributed by atoms with Gasteiger partial charge in [-0.25, -0.2) is 0 Å². The lowest BCUT2D eigenvalue weighted by molar-refractivity contribution is -0.127. The standard InChI is InChI=1S/C29H52/c1-19(2)20(3)10-11-22(5)25-14-15-26-23-12-13-24-21(4)9-8-17-28(24,6)27(23)16-18-29(25,26)7/h19-27H,8-18H2,1-7H3. The van der Waals surface area contributed by atoms with Gasteiger partial charge in [-0.05, 0) is 109 Å². The van der Waals surface area contributed by atoms with E-state index >= 15 is 0 Å². The molecule has 0 saturated heterocycles. The van der Waals surface area contributed by atoms with Crippen LogP contribution in [0.25, 0.3) is 0 Å². The first kappa shape index (κ1) is 22.2. The molecule has 0 heterocycles. The molecule has 0 aromatic rings. The van der Waals surface area contributed by atoms with E-state index in [9.17, 15) is 0 Å². The van der Waals surface area contributed by atoms with Gasteiger partial charge in [-0.1, -0.05) is 74.1 Å². The summed E-state index contributed by atoms with van der Waals surface area (Å²) >= 11 is 0. The molecule has 4 aliphatic carbocycles. The Bertz CT molecular complexity index is 562. The third kappa shape index (κ3) is 3.65. The van der Waals surface area contributed by atoms with E-state index in [-0.39, 0.29) is 0 Å². The van der Waals surface area contributed by atoms with E-state index in [0.29, 0.717) is 10.8 Å². The van der Waals surface area contributed by atoms with Crippen LogP contribution in [0.2, 0.25) is 0 Å². The van der Waals surface area contributed by atoms with Crippen molar-refractivity contribution < 1.29 is 0 Å². The Morgan fingerprint density at radius 3 is 2.14 bits per heavy atom. The van der Waals surface area contributed by atoms with Gasteiger partial charge in [-0.2, -0.15) is 0 Å². The van der Waals surface area contributed by atoms with Gasteiger partial charge in [0.05, 0.1) is 0 Å². The van der Waals surface area contributed by atoms with Crippen molar-refractivity contribution >= 4 is 0 Å². The Morgan fingerprint density at radius 2 is 1.41 bits per heavy atom. The highest BCUT2D eigenvalue weighted by atomic mass is 14.7. The molecule has 0 aromatic carbocycles. The molecule has 0 aliphatic heterocycles. The molecule has 4 saturated carbocycles. The quantitative estimate of drug-likeness (QED) is 0.432. The van der Waals surface area contributed by atoms with E-state index < -0.39 is 0 Å². The second-order valence-corrected chi connectivity index (χ2v) is 13.4. The van der Waals surface area contributed by atoms with Crippen LogP contribution in [0.4, 0.5) is 0 Å². The van der Waals surface area contributed by atoms with Crippen molar-refractivity contribution in [3.63, 3.8) is 0 Å². The zero-order chi connectivity index (χ0) is 21.0. The van der Waals surface area contributed by atoms with Gasteiger partial charge < -0.3 is 0 Å². The molecule has 4 aliphatic rings. The molecular weight excluding hydrogens is 348 g/mol. The zero-order valence-electron chi connectivity index (χ0n) is 21.0. The number of hydrogen-bond acceptors (Lipinski definition) is 0. The predicted molar refractivity (Wildman–Crippen MR) is 127 cm³/mol. The fourth-order valence-corrected chi connectivity index (χ4v) is 9.83. The van der Waals surface area contributed by atoms with Gasteiger partial charge in [0.1, 0.15) is 0 Å². The molecule has 0 radical (unpaired) electrons. The van der Waals surface area contributed by atoms with E-state index in [1.54, 1.807) is 38.5 Å². The van der Waals surface area contributed by atoms with Crippen LogP contribution in [0.3, 0.4) is 0 Å². The highest BCUT2D eigenvalue weighted by Gasteiger charge is 2.60. The van der Waals surface area contributed by atoms with Crippen molar-refractivity contribution in [3.8, 4) is 0 Å². The summed E-state index contributed by atoms with van der Waals surface area (Å²) in [7, 11) is 0. The van der Waals surface area contributed by atoms with Crippen LogP contribution < -0.4 is 0 Å². The molecule has 4 fully saturated rings. The van der Waals surface area contributed by atoms with Gasteiger partial charge in [-0.15, -0.1) is 0 Å². The summed E-state index contributed by atoms with van der Waals surface area (Å²) < 4.78 is 0. The Labute approximate surface area is 183 Å². The minimum Gasteiger partial charge on any atom is -0.0625 e. The predicted octanol–water partition coefficient (Wildman–Crippen LogP) is 8.99. The van der Waals surface area contributed by atoms with Crippen molar-refractivity contribution in [2.24, 2.45) is 64.1 Å². The zero-order valence-corrected chi connectivity index (χ0v) is 21.0. The first-order chi connectivity index (χ1) is 13.7. The fourth-order valence-electron chi connectivity index (χ4n) is 9.83. The van der Waals surface area contributed by atoms with Crippen LogP contribution in [0, 0.1) is 64.1 Å². The Morgan fingerprint density at radius 1 is 0.724 bits per heavy atom. The maximum absolute atomic E-state index is 2.76. The summed E-state index contributed by atoms with van der Waals surface area (Å²) in [6, 6.07) is 0. The van der Waals surface area contributed by atoms with Gasteiger partial charge in [0.2, 0.25) is 0 Å². The highest BCUT2D eigenvalue weighted by Crippen LogP contribution is 2.68. The fraction of sp³-hybridized carbons (Fsp3) is 1.00. The third-order valence-corrected chi connectivity index (χ3v) is 12.0. The molecule has 4 rings (SSSR count). The monoisotopic (exact) mass is 400 g/mol. The molecular formula is C29H52. The van der Waals surface area contributed by atoms with Crippen molar-refractivity contribution in [3.05, 3.63) is 0 Å². The first-order valence-corrected chi connectivity index (χ1v) is 13.7. The minimum absolute atomic E-state index is 0.658. The maximum Gasteiger partial charge on any atom is -0.0264 e. The number of fused-ring (bicyclic) bond motifs is 5. The summed E-state index contributed by atoms with van der Waals surface area (Å²) in [5, 5.41) is 0. The van der Waals surface area contributed by atoms with Crippen molar-refractivity contribution in [1.82, 2.24) is 0 Å². The summed E-state index contributed by atoms with van der Waals surface area (Å²) in [5.74, 6) is 8.86. The van der Waals surface area contributed by atoms with E-state index in [2.05, 4.69) is 48.5 Å². The lowest BCUT2D eigenvalue weighted by Gasteiger charge is -2.62. The Hall–Kier alpha value is 0. The van der Waals surface area contributed by atoms with E-state index in [4.69, 9.17) is 0 Å². The second-order valence-electron chi connectivity index (χ2n) is 13.4. The van der Waals surface area contributed by atoms with Gasteiger partial charge >= 0.3 is 0 Å². The van der Waals surface area contributed by atoms with Gasteiger partial charge in [-0.3, -0.25) is 0 Å². The Kier molecular flexibility index (Phi) is 6.25. The van der Waals surface area contributed by atoms with Crippen LogP contribution in [-0.4, -0.2) is 0 Å². The molecule has 10 unspecified atom stereocenters. The van der Waals surface area contributed by atoms with Gasteiger partial charge in [0.25, 0.3) is 0 Å². The SMILES string of the molecule is CC(C)C(C)CCC(C)C1CCC2C3CCC4C(C)CCCC4(C)C3CCC12C. The average molecular weight is 401 g/mol. The van der Waals surface area contributed by atoms with E-state index in [1.165, 1.54) is 32.1 Å². The summed E-state index contributed by atoms with van der Waals surface area (Å²) in [5.41, 5.74) is 1.34. The average Bonchev–Trinajstić information content (AvgIpc) is 3.03. The topological polar surface area (TPSA) is 0 Å². The molecule has 10 atom stereocenters. The van der Waals surface area contributed by atoms with Crippen LogP contribution >= 0.6 is 0 Å². The molecule has 29 heavy (non-hydrogen) atoms. The van der Waals surface area contributed by atoms with Crippen LogP contribution in [0.5, 0.6) is 0 Å². The molecule has 0 bridgehead atoms. The minimum atomic E-state index is 0.658. The van der Waals surface area contributed by atoms with Crippen LogP contribution in [-0.2, 0) is 0 Å². The summed E-state index contributed by atoms with van der Waals surface area (Å²) in [6.45, 7) is 18.0. The molecule has 0 heteroatoms.